The van der Waals surface area contributed by atoms with Crippen molar-refractivity contribution in [3.63, 3.8) is 0 Å². The lowest BCUT2D eigenvalue weighted by molar-refractivity contribution is 1.22. The Morgan fingerprint density at radius 1 is 1.55 bits per heavy atom. The first-order valence-corrected chi connectivity index (χ1v) is 3.75. The van der Waals surface area contributed by atoms with Gasteiger partial charge in [-0.15, -0.1) is 0 Å². The van der Waals surface area contributed by atoms with Gasteiger partial charge in [0.05, 0.1) is 5.02 Å². The van der Waals surface area contributed by atoms with Gasteiger partial charge in [-0.2, -0.15) is 0 Å². The zero-order valence-corrected chi connectivity index (χ0v) is 6.81. The first kappa shape index (κ1) is 6.68. The SMILES string of the molecule is Cc1cc(Cl)c2cc[nH]c2n1. The average Bonchev–Trinajstić information content (AvgIpc) is 2.34. The second-order valence-corrected chi connectivity index (χ2v) is 2.89. The summed E-state index contributed by atoms with van der Waals surface area (Å²) >= 11 is 5.94. The molecule has 0 atom stereocenters. The fourth-order valence-electron chi connectivity index (χ4n) is 1.12. The first-order valence-electron chi connectivity index (χ1n) is 3.37. The number of nitrogens with zero attached hydrogens (tertiary/aromatic N) is 1. The van der Waals surface area contributed by atoms with Gasteiger partial charge in [-0.25, -0.2) is 4.98 Å². The van der Waals surface area contributed by atoms with Crippen molar-refractivity contribution >= 4 is 22.6 Å². The molecule has 2 heterocycles. The van der Waals surface area contributed by atoms with Gasteiger partial charge in [0.25, 0.3) is 0 Å². The summed E-state index contributed by atoms with van der Waals surface area (Å²) in [6.07, 6.45) is 1.84. The maximum atomic E-state index is 5.94. The van der Waals surface area contributed by atoms with Crippen molar-refractivity contribution in [1.29, 1.82) is 0 Å². The molecule has 2 nitrogen and oxygen atoms in total. The average molecular weight is 167 g/mol. The Morgan fingerprint density at radius 3 is 3.18 bits per heavy atom. The van der Waals surface area contributed by atoms with Crippen LogP contribution in [0.1, 0.15) is 5.69 Å². The van der Waals surface area contributed by atoms with E-state index in [1.54, 1.807) is 0 Å². The second-order valence-electron chi connectivity index (χ2n) is 2.49. The third kappa shape index (κ3) is 0.994. The highest BCUT2D eigenvalue weighted by Crippen LogP contribution is 2.21. The summed E-state index contributed by atoms with van der Waals surface area (Å²) in [7, 11) is 0. The zero-order chi connectivity index (χ0) is 7.84. The Labute approximate surface area is 69.2 Å². The predicted octanol–water partition coefficient (Wildman–Crippen LogP) is 2.52. The maximum Gasteiger partial charge on any atom is 0.139 e. The Bertz CT molecular complexity index is 392. The van der Waals surface area contributed by atoms with E-state index in [0.717, 1.165) is 21.7 Å². The van der Waals surface area contributed by atoms with E-state index in [9.17, 15) is 0 Å². The van der Waals surface area contributed by atoms with Crippen molar-refractivity contribution in [1.82, 2.24) is 9.97 Å². The van der Waals surface area contributed by atoms with Gasteiger partial charge in [-0.3, -0.25) is 0 Å². The van der Waals surface area contributed by atoms with Gasteiger partial charge < -0.3 is 4.98 Å². The minimum atomic E-state index is 0.758. The standard InChI is InChI=1S/C8H7ClN2/c1-5-4-7(9)6-2-3-10-8(6)11-5/h2-4H,1H3,(H,10,11). The third-order valence-electron chi connectivity index (χ3n) is 1.61. The summed E-state index contributed by atoms with van der Waals surface area (Å²) in [5.74, 6) is 0. The predicted molar refractivity (Wildman–Crippen MR) is 45.8 cm³/mol. The number of aromatic amines is 1. The van der Waals surface area contributed by atoms with E-state index in [1.807, 2.05) is 25.3 Å². The molecular weight excluding hydrogens is 160 g/mol. The molecule has 2 aromatic heterocycles. The summed E-state index contributed by atoms with van der Waals surface area (Å²) in [6, 6.07) is 3.78. The van der Waals surface area contributed by atoms with E-state index in [2.05, 4.69) is 9.97 Å². The molecular formula is C8H7ClN2. The van der Waals surface area contributed by atoms with Crippen LogP contribution in [0.2, 0.25) is 5.02 Å². The lowest BCUT2D eigenvalue weighted by atomic mass is 10.3. The highest BCUT2D eigenvalue weighted by Gasteiger charge is 2.00. The lowest BCUT2D eigenvalue weighted by Gasteiger charge is -1.94. The number of H-pyrrole nitrogens is 1. The van der Waals surface area contributed by atoms with Gasteiger partial charge in [-0.1, -0.05) is 11.6 Å². The number of nitrogens with one attached hydrogen (secondary N) is 1. The number of hydrogen-bond donors (Lipinski definition) is 1. The number of aryl methyl sites for hydroxylation is 1. The Balaban J connectivity index is 2.91. The largest absolute Gasteiger partial charge is 0.346 e. The summed E-state index contributed by atoms with van der Waals surface area (Å²) in [5, 5.41) is 1.74. The van der Waals surface area contributed by atoms with Crippen LogP contribution in [0, 0.1) is 6.92 Å². The maximum absolute atomic E-state index is 5.94. The number of halogens is 1. The van der Waals surface area contributed by atoms with Crippen molar-refractivity contribution in [3.8, 4) is 0 Å². The first-order chi connectivity index (χ1) is 5.27. The van der Waals surface area contributed by atoms with Crippen LogP contribution >= 0.6 is 11.6 Å². The van der Waals surface area contributed by atoms with Crippen LogP contribution < -0.4 is 0 Å². The fourth-order valence-corrected chi connectivity index (χ4v) is 1.43. The molecule has 0 radical (unpaired) electrons. The molecule has 0 saturated heterocycles. The van der Waals surface area contributed by atoms with Gasteiger partial charge in [0.15, 0.2) is 0 Å². The molecule has 3 heteroatoms. The molecule has 11 heavy (non-hydrogen) atoms. The Hall–Kier alpha value is -1.02. The van der Waals surface area contributed by atoms with Crippen molar-refractivity contribution in [2.75, 3.05) is 0 Å². The molecule has 0 fully saturated rings. The topological polar surface area (TPSA) is 28.7 Å². The number of rotatable bonds is 0. The smallest absolute Gasteiger partial charge is 0.139 e. The van der Waals surface area contributed by atoms with Crippen molar-refractivity contribution in [3.05, 3.63) is 29.0 Å². The minimum Gasteiger partial charge on any atom is -0.346 e. The van der Waals surface area contributed by atoms with Crippen LogP contribution in [0.25, 0.3) is 11.0 Å². The van der Waals surface area contributed by atoms with Gasteiger partial charge in [-0.05, 0) is 19.1 Å². The second kappa shape index (κ2) is 2.24. The summed E-state index contributed by atoms with van der Waals surface area (Å²) in [4.78, 5) is 7.26. The molecule has 1 N–H and O–H groups in total. The lowest BCUT2D eigenvalue weighted by Crippen LogP contribution is -1.81. The number of aromatic nitrogens is 2. The number of fused-ring (bicyclic) bond motifs is 1. The zero-order valence-electron chi connectivity index (χ0n) is 6.06. The summed E-state index contributed by atoms with van der Waals surface area (Å²) in [6.45, 7) is 1.92. The van der Waals surface area contributed by atoms with E-state index < -0.39 is 0 Å². The molecule has 2 rings (SSSR count). The molecule has 0 aliphatic carbocycles. The highest BCUT2D eigenvalue weighted by molar-refractivity contribution is 6.35. The van der Waals surface area contributed by atoms with E-state index >= 15 is 0 Å². The van der Waals surface area contributed by atoms with E-state index in [4.69, 9.17) is 11.6 Å². The van der Waals surface area contributed by atoms with Crippen molar-refractivity contribution in [2.24, 2.45) is 0 Å². The van der Waals surface area contributed by atoms with Crippen molar-refractivity contribution in [2.45, 2.75) is 6.92 Å². The van der Waals surface area contributed by atoms with Crippen LogP contribution in [0.3, 0.4) is 0 Å². The Morgan fingerprint density at radius 2 is 2.36 bits per heavy atom. The van der Waals surface area contributed by atoms with Crippen LogP contribution in [-0.2, 0) is 0 Å². The van der Waals surface area contributed by atoms with Crippen LogP contribution in [0.5, 0.6) is 0 Å². The van der Waals surface area contributed by atoms with E-state index in [-0.39, 0.29) is 0 Å². The Kier molecular flexibility index (Phi) is 1.36. The van der Waals surface area contributed by atoms with E-state index in [1.165, 1.54) is 0 Å². The summed E-state index contributed by atoms with van der Waals surface area (Å²) in [5.41, 5.74) is 1.79. The molecule has 0 saturated carbocycles. The molecule has 56 valence electrons. The third-order valence-corrected chi connectivity index (χ3v) is 1.92. The highest BCUT2D eigenvalue weighted by atomic mass is 35.5. The van der Waals surface area contributed by atoms with Crippen LogP contribution in [-0.4, -0.2) is 9.97 Å². The monoisotopic (exact) mass is 166 g/mol. The van der Waals surface area contributed by atoms with Crippen LogP contribution in [0.15, 0.2) is 18.3 Å². The van der Waals surface area contributed by atoms with Gasteiger partial charge in [0.2, 0.25) is 0 Å². The quantitative estimate of drug-likeness (QED) is 0.640. The summed E-state index contributed by atoms with van der Waals surface area (Å²) < 4.78 is 0. The molecule has 0 aliphatic rings. The fraction of sp³-hybridized carbons (Fsp3) is 0.125. The van der Waals surface area contributed by atoms with E-state index in [0.29, 0.717) is 0 Å². The van der Waals surface area contributed by atoms with Gasteiger partial charge in [0, 0.05) is 17.3 Å². The molecule has 0 spiro atoms. The molecule has 0 amide bonds. The number of pyridine rings is 1. The van der Waals surface area contributed by atoms with Gasteiger partial charge in [0.1, 0.15) is 5.65 Å². The van der Waals surface area contributed by atoms with Crippen molar-refractivity contribution < 1.29 is 0 Å². The number of hydrogen-bond acceptors (Lipinski definition) is 1. The van der Waals surface area contributed by atoms with Gasteiger partial charge >= 0.3 is 0 Å². The van der Waals surface area contributed by atoms with Crippen LogP contribution in [0.4, 0.5) is 0 Å². The minimum absolute atomic E-state index is 0.758. The normalized spacial score (nSPS) is 10.7. The molecule has 0 bridgehead atoms. The molecule has 0 aliphatic heterocycles. The molecule has 0 unspecified atom stereocenters. The molecule has 0 aromatic carbocycles. The molecule has 2 aromatic rings.